The average molecular weight is 173 g/mol. The Kier molecular flexibility index (Phi) is 4.00. The summed E-state index contributed by atoms with van der Waals surface area (Å²) < 4.78 is 4.57. The summed E-state index contributed by atoms with van der Waals surface area (Å²) in [5.74, 6) is 2.63. The molecule has 0 spiro atoms. The van der Waals surface area contributed by atoms with Gasteiger partial charge in [-0.15, -0.1) is 0 Å². The Bertz CT molecular complexity index is 178. The lowest BCUT2D eigenvalue weighted by atomic mass is 10.5. The van der Waals surface area contributed by atoms with Crippen molar-refractivity contribution in [3.05, 3.63) is 12.2 Å². The number of thioether (sulfide) groups is 1. The first-order valence-corrected chi connectivity index (χ1v) is 4.62. The molecule has 1 aromatic heterocycles. The van der Waals surface area contributed by atoms with Crippen LogP contribution in [-0.2, 0) is 5.75 Å². The van der Waals surface area contributed by atoms with Crippen LogP contribution in [0, 0.1) is 0 Å². The van der Waals surface area contributed by atoms with Crippen molar-refractivity contribution in [2.45, 2.75) is 12.2 Å². The van der Waals surface area contributed by atoms with Gasteiger partial charge in [-0.2, -0.15) is 16.7 Å². The second-order valence-electron chi connectivity index (χ2n) is 2.04. The Morgan fingerprint density at radius 1 is 1.64 bits per heavy atom. The zero-order valence-electron chi connectivity index (χ0n) is 6.19. The van der Waals surface area contributed by atoms with Crippen LogP contribution in [0.3, 0.4) is 0 Å². The zero-order chi connectivity index (χ0) is 7.94. The first-order valence-electron chi connectivity index (χ1n) is 3.46. The molecule has 11 heavy (non-hydrogen) atoms. The van der Waals surface area contributed by atoms with Crippen molar-refractivity contribution >= 4 is 11.8 Å². The number of nitrogens with two attached hydrogens (primary N) is 1. The quantitative estimate of drug-likeness (QED) is 0.662. The predicted molar refractivity (Wildman–Crippen MR) is 44.1 cm³/mol. The van der Waals surface area contributed by atoms with Crippen LogP contribution in [0.15, 0.2) is 10.9 Å². The van der Waals surface area contributed by atoms with Crippen molar-refractivity contribution in [2.24, 2.45) is 5.73 Å². The molecule has 0 atom stereocenters. The van der Waals surface area contributed by atoms with Crippen molar-refractivity contribution in [3.63, 3.8) is 0 Å². The van der Waals surface area contributed by atoms with Gasteiger partial charge < -0.3 is 10.3 Å². The zero-order valence-corrected chi connectivity index (χ0v) is 7.01. The van der Waals surface area contributed by atoms with Crippen LogP contribution in [0.1, 0.15) is 12.2 Å². The van der Waals surface area contributed by atoms with E-state index in [0.717, 1.165) is 30.3 Å². The molecular weight excluding hydrogens is 162 g/mol. The van der Waals surface area contributed by atoms with E-state index in [-0.39, 0.29) is 0 Å². The van der Waals surface area contributed by atoms with Crippen LogP contribution in [0.2, 0.25) is 0 Å². The van der Waals surface area contributed by atoms with Crippen molar-refractivity contribution in [1.29, 1.82) is 0 Å². The average Bonchev–Trinajstić information content (AvgIpc) is 2.50. The second kappa shape index (κ2) is 5.15. The van der Waals surface area contributed by atoms with E-state index in [9.17, 15) is 0 Å². The third kappa shape index (κ3) is 3.38. The molecule has 1 heterocycles. The minimum Gasteiger partial charge on any atom is -0.343 e. The summed E-state index contributed by atoms with van der Waals surface area (Å²) in [5, 5.41) is 3.68. The highest BCUT2D eigenvalue weighted by atomic mass is 32.2. The van der Waals surface area contributed by atoms with E-state index >= 15 is 0 Å². The molecule has 0 aliphatic rings. The van der Waals surface area contributed by atoms with Gasteiger partial charge >= 0.3 is 0 Å². The van der Waals surface area contributed by atoms with Gasteiger partial charge in [-0.3, -0.25) is 0 Å². The Morgan fingerprint density at radius 2 is 2.55 bits per heavy atom. The highest BCUT2D eigenvalue weighted by molar-refractivity contribution is 7.98. The molecule has 1 rings (SSSR count). The van der Waals surface area contributed by atoms with Crippen molar-refractivity contribution < 1.29 is 4.52 Å². The summed E-state index contributed by atoms with van der Waals surface area (Å²) in [4.78, 5) is 3.88. The molecule has 0 fully saturated rings. The maximum atomic E-state index is 5.32. The number of rotatable bonds is 5. The first-order chi connectivity index (χ1) is 5.43. The minimum absolute atomic E-state index is 0.749. The van der Waals surface area contributed by atoms with Crippen LogP contribution in [0.25, 0.3) is 0 Å². The van der Waals surface area contributed by atoms with Crippen molar-refractivity contribution in [2.75, 3.05) is 12.3 Å². The Hall–Kier alpha value is -0.550. The third-order valence-corrected chi connectivity index (χ3v) is 2.17. The number of hydrogen-bond acceptors (Lipinski definition) is 5. The molecule has 4 nitrogen and oxygen atoms in total. The van der Waals surface area contributed by atoms with Gasteiger partial charge in [0.1, 0.15) is 0 Å². The molecule has 5 heteroatoms. The smallest absolute Gasteiger partial charge is 0.213 e. The fourth-order valence-corrected chi connectivity index (χ4v) is 1.43. The molecule has 0 unspecified atom stereocenters. The fourth-order valence-electron chi connectivity index (χ4n) is 0.605. The summed E-state index contributed by atoms with van der Waals surface area (Å²) in [7, 11) is 0. The molecule has 1 aromatic rings. The van der Waals surface area contributed by atoms with E-state index in [2.05, 4.69) is 14.7 Å². The van der Waals surface area contributed by atoms with Crippen LogP contribution in [-0.4, -0.2) is 22.4 Å². The van der Waals surface area contributed by atoms with Gasteiger partial charge in [0, 0.05) is 0 Å². The second-order valence-corrected chi connectivity index (χ2v) is 3.15. The number of hydrogen-bond donors (Lipinski definition) is 1. The highest BCUT2D eigenvalue weighted by Gasteiger charge is 1.96. The molecule has 0 radical (unpaired) electrons. The van der Waals surface area contributed by atoms with Gasteiger partial charge in [0.05, 0.1) is 5.75 Å². The van der Waals surface area contributed by atoms with E-state index < -0.39 is 0 Å². The Labute approximate surface area is 69.5 Å². The molecule has 0 aliphatic heterocycles. The lowest BCUT2D eigenvalue weighted by Gasteiger charge is -1.94. The summed E-state index contributed by atoms with van der Waals surface area (Å²) in [6.45, 7) is 0.749. The fraction of sp³-hybridized carbons (Fsp3) is 0.667. The summed E-state index contributed by atoms with van der Waals surface area (Å²) >= 11 is 1.77. The van der Waals surface area contributed by atoms with Crippen LogP contribution in [0.4, 0.5) is 0 Å². The van der Waals surface area contributed by atoms with E-state index in [4.69, 9.17) is 5.73 Å². The maximum absolute atomic E-state index is 5.32. The van der Waals surface area contributed by atoms with Gasteiger partial charge in [0.25, 0.3) is 0 Å². The van der Waals surface area contributed by atoms with E-state index in [1.54, 1.807) is 11.8 Å². The van der Waals surface area contributed by atoms with Crippen molar-refractivity contribution in [1.82, 2.24) is 10.1 Å². The SMILES string of the molecule is NCCCSCc1ncon1. The number of aromatic nitrogens is 2. The number of nitrogens with zero attached hydrogens (tertiary/aromatic N) is 2. The molecule has 62 valence electrons. The van der Waals surface area contributed by atoms with E-state index in [1.807, 2.05) is 0 Å². The van der Waals surface area contributed by atoms with Gasteiger partial charge in [0.15, 0.2) is 5.82 Å². The third-order valence-electron chi connectivity index (χ3n) is 1.13. The molecule has 0 aromatic carbocycles. The van der Waals surface area contributed by atoms with Gasteiger partial charge in [-0.25, -0.2) is 0 Å². The topological polar surface area (TPSA) is 64.9 Å². The normalized spacial score (nSPS) is 10.3. The molecule has 0 bridgehead atoms. The Balaban J connectivity index is 2.04. The molecule has 0 saturated heterocycles. The lowest BCUT2D eigenvalue weighted by molar-refractivity contribution is 0.412. The summed E-state index contributed by atoms with van der Waals surface area (Å²) in [6.07, 6.45) is 2.39. The van der Waals surface area contributed by atoms with Crippen molar-refractivity contribution in [3.8, 4) is 0 Å². The largest absolute Gasteiger partial charge is 0.343 e. The molecule has 0 amide bonds. The summed E-state index contributed by atoms with van der Waals surface area (Å²) in [6, 6.07) is 0. The molecule has 0 saturated carbocycles. The highest BCUT2D eigenvalue weighted by Crippen LogP contribution is 2.07. The molecule has 0 aliphatic carbocycles. The van der Waals surface area contributed by atoms with Gasteiger partial charge in [-0.05, 0) is 18.7 Å². The lowest BCUT2D eigenvalue weighted by Crippen LogP contribution is -1.99. The first kappa shape index (κ1) is 8.55. The van der Waals surface area contributed by atoms with Gasteiger partial charge in [-0.1, -0.05) is 5.16 Å². The van der Waals surface area contributed by atoms with Crippen LogP contribution in [0.5, 0.6) is 0 Å². The molecule has 2 N–H and O–H groups in total. The molecular formula is C6H11N3OS. The predicted octanol–water partition coefficient (Wildman–Crippen LogP) is 0.652. The Morgan fingerprint density at radius 3 is 3.18 bits per heavy atom. The van der Waals surface area contributed by atoms with Gasteiger partial charge in [0.2, 0.25) is 6.39 Å². The van der Waals surface area contributed by atoms with E-state index in [1.165, 1.54) is 6.39 Å². The maximum Gasteiger partial charge on any atom is 0.213 e. The van der Waals surface area contributed by atoms with Crippen LogP contribution < -0.4 is 5.73 Å². The van der Waals surface area contributed by atoms with Crippen LogP contribution >= 0.6 is 11.8 Å². The van der Waals surface area contributed by atoms with E-state index in [0.29, 0.717) is 0 Å². The monoisotopic (exact) mass is 173 g/mol. The summed E-state index contributed by atoms with van der Waals surface area (Å²) in [5.41, 5.74) is 5.32. The minimum atomic E-state index is 0.749. The standard InChI is InChI=1S/C6H11N3OS/c7-2-1-3-11-4-6-8-5-10-9-6/h5H,1-4,7H2.